The molecule has 6 atom stereocenters. The minimum absolute atomic E-state index is 0.0853. The molecule has 0 heterocycles. The summed E-state index contributed by atoms with van der Waals surface area (Å²) < 4.78 is 68.1. The maximum atomic E-state index is 13.0. The molecular formula is C68H128O17P2. The molecule has 3 unspecified atom stereocenters. The third-order valence-electron chi connectivity index (χ3n) is 15.5. The van der Waals surface area contributed by atoms with Crippen molar-refractivity contribution in [1.29, 1.82) is 0 Å². The van der Waals surface area contributed by atoms with Crippen molar-refractivity contribution in [2.45, 2.75) is 342 Å². The third-order valence-corrected chi connectivity index (χ3v) is 17.4. The largest absolute Gasteiger partial charge is 0.472 e. The molecule has 0 spiro atoms. The van der Waals surface area contributed by atoms with Crippen LogP contribution in [0.25, 0.3) is 0 Å². The highest BCUT2D eigenvalue weighted by atomic mass is 31.2. The second kappa shape index (κ2) is 61.1. The van der Waals surface area contributed by atoms with Gasteiger partial charge >= 0.3 is 39.5 Å². The third kappa shape index (κ3) is 60.9. The van der Waals surface area contributed by atoms with E-state index in [-0.39, 0.29) is 25.7 Å². The summed E-state index contributed by atoms with van der Waals surface area (Å²) in [6.07, 6.45) is 49.4. The van der Waals surface area contributed by atoms with Gasteiger partial charge in [0.1, 0.15) is 19.3 Å². The van der Waals surface area contributed by atoms with E-state index in [0.29, 0.717) is 25.7 Å². The van der Waals surface area contributed by atoms with Gasteiger partial charge in [-0.15, -0.1) is 0 Å². The van der Waals surface area contributed by atoms with Crippen molar-refractivity contribution in [2.24, 2.45) is 5.92 Å². The maximum absolute atomic E-state index is 13.0. The normalized spacial score (nSPS) is 14.6. The van der Waals surface area contributed by atoms with Crippen LogP contribution in [0.4, 0.5) is 0 Å². The van der Waals surface area contributed by atoms with Crippen LogP contribution in [0.1, 0.15) is 324 Å². The molecule has 87 heavy (non-hydrogen) atoms. The molecule has 0 saturated carbocycles. The number of hydrogen-bond donors (Lipinski definition) is 3. The Morgan fingerprint density at radius 1 is 0.368 bits per heavy atom. The van der Waals surface area contributed by atoms with Crippen molar-refractivity contribution >= 4 is 39.5 Å². The van der Waals surface area contributed by atoms with Crippen molar-refractivity contribution < 1.29 is 80.2 Å². The standard InChI is InChI=1S/C68H128O17P2/c1-6-10-13-16-19-22-24-26-28-30-32-34-37-43-48-53-67(72)84-63(57-79-66(71)52-47-42-36-33-31-29-27-25-23-20-17-14-11-7-2)59-82-86(74,75)80-55-62(69)56-81-87(76,77)83-60-64(58-78-65(70)51-46-41-35-21-18-15-12-8-3)85-68(73)54-49-44-39-38-40-45-50-61(5)9-4/h22,24,26,28,61-64,69H,6-21,23,25,27,29-60H2,1-5H3,(H,74,75)(H,76,77)/b24-22-,28-26-/t61?,62-,63-,64-/m1/s1. The van der Waals surface area contributed by atoms with Crippen LogP contribution in [0.2, 0.25) is 0 Å². The number of aliphatic hydroxyl groups excluding tert-OH is 1. The van der Waals surface area contributed by atoms with E-state index >= 15 is 0 Å². The number of phosphoric ester groups is 2. The van der Waals surface area contributed by atoms with Crippen LogP contribution in [0, 0.1) is 5.92 Å². The van der Waals surface area contributed by atoms with Crippen molar-refractivity contribution in [1.82, 2.24) is 0 Å². The average molecular weight is 1280 g/mol. The highest BCUT2D eigenvalue weighted by molar-refractivity contribution is 7.47. The molecule has 0 aliphatic rings. The summed E-state index contributed by atoms with van der Waals surface area (Å²) in [5, 5.41) is 10.6. The first-order chi connectivity index (χ1) is 42.1. The van der Waals surface area contributed by atoms with Crippen LogP contribution in [-0.4, -0.2) is 96.7 Å². The quantitative estimate of drug-likeness (QED) is 0.0169. The number of carbonyl (C=O) groups is 4. The predicted molar refractivity (Wildman–Crippen MR) is 349 cm³/mol. The highest BCUT2D eigenvalue weighted by Gasteiger charge is 2.30. The molecule has 0 aliphatic carbocycles. The Morgan fingerprint density at radius 2 is 0.644 bits per heavy atom. The first kappa shape index (κ1) is 84.5. The fourth-order valence-electron chi connectivity index (χ4n) is 9.72. The monoisotopic (exact) mass is 1280 g/mol. The van der Waals surface area contributed by atoms with Crippen molar-refractivity contribution in [3.8, 4) is 0 Å². The first-order valence-electron chi connectivity index (χ1n) is 35.0. The van der Waals surface area contributed by atoms with Crippen molar-refractivity contribution in [3.05, 3.63) is 24.3 Å². The molecular weight excluding hydrogens is 1150 g/mol. The lowest BCUT2D eigenvalue weighted by Crippen LogP contribution is -2.30. The number of ether oxygens (including phenoxy) is 4. The Hall–Kier alpha value is -2.46. The zero-order chi connectivity index (χ0) is 64.2. The molecule has 19 heteroatoms. The second-order valence-electron chi connectivity index (χ2n) is 24.1. The van der Waals surface area contributed by atoms with Gasteiger partial charge in [0.25, 0.3) is 0 Å². The lowest BCUT2D eigenvalue weighted by atomic mass is 10.00. The van der Waals surface area contributed by atoms with Gasteiger partial charge in [-0.05, 0) is 57.3 Å². The van der Waals surface area contributed by atoms with E-state index in [4.69, 9.17) is 37.0 Å². The second-order valence-corrected chi connectivity index (χ2v) is 27.0. The summed E-state index contributed by atoms with van der Waals surface area (Å²) in [4.78, 5) is 72.3. The molecule has 0 amide bonds. The van der Waals surface area contributed by atoms with Gasteiger partial charge in [0.05, 0.1) is 26.4 Å². The van der Waals surface area contributed by atoms with E-state index in [1.165, 1.54) is 128 Å². The van der Waals surface area contributed by atoms with Crippen LogP contribution >= 0.6 is 15.6 Å². The number of aliphatic hydroxyl groups is 1. The van der Waals surface area contributed by atoms with E-state index < -0.39 is 97.5 Å². The van der Waals surface area contributed by atoms with Gasteiger partial charge in [-0.3, -0.25) is 37.3 Å². The SMILES string of the molecule is CCCCCC/C=C\C=C/CCCCCCCC(=O)O[C@H](COC(=O)CCCCCCCCCCCCCCCC)COP(=O)(O)OC[C@@H](O)COP(=O)(O)OC[C@@H](COC(=O)CCCCCCCCCC)OC(=O)CCCCCCCCC(C)CC. The number of carbonyl (C=O) groups excluding carboxylic acids is 4. The summed E-state index contributed by atoms with van der Waals surface area (Å²) in [7, 11) is -9.90. The van der Waals surface area contributed by atoms with Gasteiger partial charge in [-0.1, -0.05) is 271 Å². The molecule has 0 radical (unpaired) electrons. The van der Waals surface area contributed by atoms with Gasteiger partial charge < -0.3 is 33.8 Å². The number of phosphoric acid groups is 2. The van der Waals surface area contributed by atoms with E-state index in [0.717, 1.165) is 115 Å². The molecule has 17 nitrogen and oxygen atoms in total. The Kier molecular flexibility index (Phi) is 59.3. The minimum Gasteiger partial charge on any atom is -0.462 e. The van der Waals surface area contributed by atoms with Crippen LogP contribution in [-0.2, 0) is 65.4 Å². The molecule has 0 aromatic carbocycles. The fraction of sp³-hybridized carbons (Fsp3) is 0.882. The molecule has 3 N–H and O–H groups in total. The Morgan fingerprint density at radius 3 is 0.977 bits per heavy atom. The topological polar surface area (TPSA) is 237 Å². The fourth-order valence-corrected chi connectivity index (χ4v) is 11.3. The molecule has 0 bridgehead atoms. The smallest absolute Gasteiger partial charge is 0.462 e. The van der Waals surface area contributed by atoms with Gasteiger partial charge in [-0.25, -0.2) is 9.13 Å². The minimum atomic E-state index is -4.96. The van der Waals surface area contributed by atoms with Crippen molar-refractivity contribution in [2.75, 3.05) is 39.6 Å². The Bertz CT molecular complexity index is 1780. The predicted octanol–water partition coefficient (Wildman–Crippen LogP) is 18.9. The van der Waals surface area contributed by atoms with Gasteiger partial charge in [-0.2, -0.15) is 0 Å². The highest BCUT2D eigenvalue weighted by Crippen LogP contribution is 2.45. The van der Waals surface area contributed by atoms with Gasteiger partial charge in [0.2, 0.25) is 0 Å². The number of hydrogen-bond acceptors (Lipinski definition) is 15. The van der Waals surface area contributed by atoms with Crippen LogP contribution in [0.5, 0.6) is 0 Å². The summed E-state index contributed by atoms with van der Waals surface area (Å²) >= 11 is 0. The first-order valence-corrected chi connectivity index (χ1v) is 38.0. The number of esters is 4. The molecule has 0 fully saturated rings. The molecule has 0 aromatic rings. The lowest BCUT2D eigenvalue weighted by molar-refractivity contribution is -0.161. The molecule has 0 aliphatic heterocycles. The Balaban J connectivity index is 5.27. The number of unbranched alkanes of at least 4 members (excludes halogenated alkanes) is 34. The van der Waals surface area contributed by atoms with Gasteiger partial charge in [0, 0.05) is 25.7 Å². The molecule has 0 aromatic heterocycles. The molecule has 0 rings (SSSR count). The zero-order valence-corrected chi connectivity index (χ0v) is 57.4. The maximum Gasteiger partial charge on any atom is 0.472 e. The summed E-state index contributed by atoms with van der Waals surface area (Å²) in [5.74, 6) is -1.44. The van der Waals surface area contributed by atoms with Crippen LogP contribution < -0.4 is 0 Å². The summed E-state index contributed by atoms with van der Waals surface area (Å²) in [6, 6.07) is 0. The molecule has 512 valence electrons. The van der Waals surface area contributed by atoms with Gasteiger partial charge in [0.15, 0.2) is 12.2 Å². The van der Waals surface area contributed by atoms with Crippen LogP contribution in [0.15, 0.2) is 24.3 Å². The Labute approximate surface area is 529 Å². The number of rotatable bonds is 66. The van der Waals surface area contributed by atoms with E-state index in [1.54, 1.807) is 0 Å². The van der Waals surface area contributed by atoms with Crippen LogP contribution in [0.3, 0.4) is 0 Å². The summed E-state index contributed by atoms with van der Waals surface area (Å²) in [6.45, 7) is 7.09. The van der Waals surface area contributed by atoms with Crippen molar-refractivity contribution in [3.63, 3.8) is 0 Å². The summed E-state index contributed by atoms with van der Waals surface area (Å²) in [5.41, 5.74) is 0. The number of allylic oxidation sites excluding steroid dienone is 4. The van der Waals surface area contributed by atoms with E-state index in [9.17, 15) is 43.2 Å². The average Bonchev–Trinajstić information content (AvgIpc) is 3.55. The lowest BCUT2D eigenvalue weighted by Gasteiger charge is -2.21. The zero-order valence-electron chi connectivity index (χ0n) is 55.6. The van der Waals surface area contributed by atoms with E-state index in [2.05, 4.69) is 58.9 Å². The van der Waals surface area contributed by atoms with E-state index in [1.807, 2.05) is 0 Å². The molecule has 0 saturated heterocycles.